The molecule has 0 bridgehead atoms. The molecule has 5 nitrogen and oxygen atoms in total. The second-order valence-corrected chi connectivity index (χ2v) is 7.21. The van der Waals surface area contributed by atoms with E-state index in [1.165, 1.54) is 0 Å². The van der Waals surface area contributed by atoms with E-state index in [1.54, 1.807) is 20.1 Å². The van der Waals surface area contributed by atoms with Gasteiger partial charge in [-0.05, 0) is 38.0 Å². The van der Waals surface area contributed by atoms with Crippen LogP contribution in [0.1, 0.15) is 51.6 Å². The van der Waals surface area contributed by atoms with Crippen molar-refractivity contribution in [1.82, 2.24) is 5.32 Å². The Morgan fingerprint density at radius 3 is 2.46 bits per heavy atom. The highest BCUT2D eigenvalue weighted by Gasteiger charge is 2.39. The third-order valence-electron chi connectivity index (χ3n) is 5.54. The van der Waals surface area contributed by atoms with Crippen molar-refractivity contribution in [3.8, 4) is 17.2 Å². The molecule has 0 fully saturated rings. The summed E-state index contributed by atoms with van der Waals surface area (Å²) in [6.45, 7) is 6.01. The average molecular weight is 383 g/mol. The Morgan fingerprint density at radius 2 is 1.79 bits per heavy atom. The van der Waals surface area contributed by atoms with Crippen molar-refractivity contribution >= 4 is 5.91 Å². The minimum Gasteiger partial charge on any atom is -0.493 e. The van der Waals surface area contributed by atoms with E-state index in [2.05, 4.69) is 19.2 Å². The van der Waals surface area contributed by atoms with Gasteiger partial charge in [-0.1, -0.05) is 44.2 Å². The molecule has 2 aromatic carbocycles. The van der Waals surface area contributed by atoms with Gasteiger partial charge in [0.2, 0.25) is 0 Å². The van der Waals surface area contributed by atoms with Gasteiger partial charge in [0.1, 0.15) is 11.4 Å². The number of rotatable bonds is 7. The molecule has 0 spiro atoms. The van der Waals surface area contributed by atoms with E-state index in [9.17, 15) is 4.79 Å². The standard InChI is InChI=1S/C23H29NO4/c1-5-23(6-2)15-18(17-11-7-8-12-19(17)28-23)24-22(25)16(3)27-21-14-10-9-13-20(21)26-4/h7-14,16,18H,5-6,15H2,1-4H3,(H,24,25)/t16-,18+/m1/s1. The molecule has 2 aromatic rings. The van der Waals surface area contributed by atoms with Crippen LogP contribution in [0.5, 0.6) is 17.2 Å². The molecule has 0 saturated carbocycles. The highest BCUT2D eigenvalue weighted by Crippen LogP contribution is 2.42. The van der Waals surface area contributed by atoms with Gasteiger partial charge in [0.05, 0.1) is 13.2 Å². The van der Waals surface area contributed by atoms with Crippen LogP contribution in [0.3, 0.4) is 0 Å². The average Bonchev–Trinajstić information content (AvgIpc) is 2.73. The van der Waals surface area contributed by atoms with Crippen LogP contribution in [-0.4, -0.2) is 24.7 Å². The third-order valence-corrected chi connectivity index (χ3v) is 5.54. The van der Waals surface area contributed by atoms with Crippen LogP contribution < -0.4 is 19.5 Å². The molecule has 0 aliphatic carbocycles. The van der Waals surface area contributed by atoms with Gasteiger partial charge in [0.15, 0.2) is 17.6 Å². The van der Waals surface area contributed by atoms with Crippen molar-refractivity contribution in [2.45, 2.75) is 57.8 Å². The second kappa shape index (κ2) is 8.55. The first-order chi connectivity index (χ1) is 13.5. The largest absolute Gasteiger partial charge is 0.493 e. The van der Waals surface area contributed by atoms with E-state index in [0.29, 0.717) is 11.5 Å². The Labute approximate surface area is 167 Å². The van der Waals surface area contributed by atoms with Gasteiger partial charge in [0, 0.05) is 12.0 Å². The van der Waals surface area contributed by atoms with E-state index in [4.69, 9.17) is 14.2 Å². The van der Waals surface area contributed by atoms with Crippen molar-refractivity contribution < 1.29 is 19.0 Å². The van der Waals surface area contributed by atoms with Crippen LogP contribution in [-0.2, 0) is 4.79 Å². The van der Waals surface area contributed by atoms with Crippen molar-refractivity contribution in [3.05, 3.63) is 54.1 Å². The number of methoxy groups -OCH3 is 1. The number of benzene rings is 2. The fourth-order valence-electron chi connectivity index (χ4n) is 3.68. The number of hydrogen-bond acceptors (Lipinski definition) is 4. The molecule has 0 aromatic heterocycles. The second-order valence-electron chi connectivity index (χ2n) is 7.21. The normalized spacial score (nSPS) is 18.4. The Hall–Kier alpha value is -2.69. The van der Waals surface area contributed by atoms with Gasteiger partial charge in [-0.3, -0.25) is 4.79 Å². The molecule has 3 rings (SSSR count). The summed E-state index contributed by atoms with van der Waals surface area (Å²) in [5.74, 6) is 1.85. The molecule has 150 valence electrons. The fraction of sp³-hybridized carbons (Fsp3) is 0.435. The van der Waals surface area contributed by atoms with Crippen LogP contribution in [0.2, 0.25) is 0 Å². The maximum atomic E-state index is 12.9. The summed E-state index contributed by atoms with van der Waals surface area (Å²) >= 11 is 0. The van der Waals surface area contributed by atoms with Crippen molar-refractivity contribution in [2.75, 3.05) is 7.11 Å². The summed E-state index contributed by atoms with van der Waals surface area (Å²) in [4.78, 5) is 12.9. The van der Waals surface area contributed by atoms with Gasteiger partial charge in [0.25, 0.3) is 5.91 Å². The zero-order chi connectivity index (χ0) is 20.1. The number of nitrogens with one attached hydrogen (secondary N) is 1. The quantitative estimate of drug-likeness (QED) is 0.755. The molecule has 1 aliphatic heterocycles. The van der Waals surface area contributed by atoms with Crippen LogP contribution in [0.4, 0.5) is 0 Å². The number of ether oxygens (including phenoxy) is 3. The molecule has 1 heterocycles. The Kier molecular flexibility index (Phi) is 6.12. The summed E-state index contributed by atoms with van der Waals surface area (Å²) in [7, 11) is 1.58. The molecule has 0 radical (unpaired) electrons. The van der Waals surface area contributed by atoms with E-state index < -0.39 is 6.10 Å². The van der Waals surface area contributed by atoms with Gasteiger partial charge in [-0.25, -0.2) is 0 Å². The monoisotopic (exact) mass is 383 g/mol. The molecule has 2 atom stereocenters. The number of hydrogen-bond donors (Lipinski definition) is 1. The lowest BCUT2D eigenvalue weighted by Crippen LogP contribution is -2.46. The highest BCUT2D eigenvalue weighted by molar-refractivity contribution is 5.81. The molecule has 1 amide bonds. The number of fused-ring (bicyclic) bond motifs is 1. The van der Waals surface area contributed by atoms with Crippen molar-refractivity contribution in [2.24, 2.45) is 0 Å². The number of carbonyl (C=O) groups is 1. The maximum Gasteiger partial charge on any atom is 0.261 e. The molecule has 0 saturated heterocycles. The van der Waals surface area contributed by atoms with Crippen molar-refractivity contribution in [1.29, 1.82) is 0 Å². The molecule has 1 N–H and O–H groups in total. The third kappa shape index (κ3) is 4.08. The van der Waals surface area contributed by atoms with Crippen LogP contribution in [0, 0.1) is 0 Å². The lowest BCUT2D eigenvalue weighted by atomic mass is 9.83. The Bertz CT molecular complexity index is 816. The minimum absolute atomic E-state index is 0.110. The first kappa shape index (κ1) is 20.1. The highest BCUT2D eigenvalue weighted by atomic mass is 16.5. The fourth-order valence-corrected chi connectivity index (χ4v) is 3.68. The zero-order valence-electron chi connectivity index (χ0n) is 17.0. The molecule has 0 unspecified atom stereocenters. The lowest BCUT2D eigenvalue weighted by Gasteiger charge is -2.41. The number of para-hydroxylation sites is 3. The van der Waals surface area contributed by atoms with E-state index in [0.717, 1.165) is 30.6 Å². The van der Waals surface area contributed by atoms with Crippen LogP contribution in [0.15, 0.2) is 48.5 Å². The summed E-state index contributed by atoms with van der Waals surface area (Å²) in [5, 5.41) is 3.17. The van der Waals surface area contributed by atoms with E-state index in [1.807, 2.05) is 42.5 Å². The summed E-state index contributed by atoms with van der Waals surface area (Å²) < 4.78 is 17.5. The molecular formula is C23H29NO4. The summed E-state index contributed by atoms with van der Waals surface area (Å²) in [5.41, 5.74) is 0.747. The maximum absolute atomic E-state index is 12.9. The molecule has 28 heavy (non-hydrogen) atoms. The lowest BCUT2D eigenvalue weighted by molar-refractivity contribution is -0.128. The van der Waals surface area contributed by atoms with Crippen LogP contribution >= 0.6 is 0 Å². The first-order valence-corrected chi connectivity index (χ1v) is 9.90. The first-order valence-electron chi connectivity index (χ1n) is 9.90. The van der Waals surface area contributed by atoms with Gasteiger partial charge >= 0.3 is 0 Å². The minimum atomic E-state index is -0.649. The smallest absolute Gasteiger partial charge is 0.261 e. The summed E-state index contributed by atoms with van der Waals surface area (Å²) in [6, 6.07) is 15.1. The van der Waals surface area contributed by atoms with Crippen molar-refractivity contribution in [3.63, 3.8) is 0 Å². The van der Waals surface area contributed by atoms with Gasteiger partial charge < -0.3 is 19.5 Å². The SMILES string of the molecule is CCC1(CC)C[C@H](NC(=O)[C@@H](C)Oc2ccccc2OC)c2ccccc2O1. The molecule has 1 aliphatic rings. The van der Waals surface area contributed by atoms with Gasteiger partial charge in [-0.2, -0.15) is 0 Å². The predicted molar refractivity (Wildman–Crippen MR) is 109 cm³/mol. The Balaban J connectivity index is 1.77. The van der Waals surface area contributed by atoms with Gasteiger partial charge in [-0.15, -0.1) is 0 Å². The molecule has 5 heteroatoms. The number of carbonyl (C=O) groups excluding carboxylic acids is 1. The van der Waals surface area contributed by atoms with Crippen LogP contribution in [0.25, 0.3) is 0 Å². The van der Waals surface area contributed by atoms with E-state index >= 15 is 0 Å². The predicted octanol–water partition coefficient (Wildman–Crippen LogP) is 4.66. The van der Waals surface area contributed by atoms with E-state index in [-0.39, 0.29) is 17.6 Å². The Morgan fingerprint density at radius 1 is 1.14 bits per heavy atom. The molecular weight excluding hydrogens is 354 g/mol. The summed E-state index contributed by atoms with van der Waals surface area (Å²) in [6.07, 6.45) is 1.86. The number of amides is 1. The zero-order valence-corrected chi connectivity index (χ0v) is 17.0. The topological polar surface area (TPSA) is 56.8 Å².